The van der Waals surface area contributed by atoms with Crippen LogP contribution in [0.15, 0.2) is 52.2 Å². The maximum Gasteiger partial charge on any atom is 0.121 e. The summed E-state index contributed by atoms with van der Waals surface area (Å²) in [5, 5.41) is 0. The fourth-order valence-corrected chi connectivity index (χ4v) is 1.29. The summed E-state index contributed by atoms with van der Waals surface area (Å²) in [5.74, 6) is 0.527. The van der Waals surface area contributed by atoms with Crippen LogP contribution in [0.25, 0.3) is 0 Å². The van der Waals surface area contributed by atoms with Crippen LogP contribution in [0.3, 0.4) is 0 Å². The molecule has 0 fully saturated rings. The van der Waals surface area contributed by atoms with Crippen molar-refractivity contribution >= 4 is 12.1 Å². The van der Waals surface area contributed by atoms with Gasteiger partial charge in [-0.25, -0.2) is 9.98 Å². The molecular weight excluding hydrogens is 174 g/mol. The molecule has 0 spiro atoms. The molecule has 1 aliphatic heterocycles. The molecule has 70 valence electrons. The minimum Gasteiger partial charge on any atom is -0.384 e. The Labute approximate surface area is 82.7 Å². The number of aliphatic imine (C=N–C) groups is 2. The average Bonchev–Trinajstić information content (AvgIpc) is 2.44. The van der Waals surface area contributed by atoms with E-state index in [1.807, 2.05) is 36.4 Å². The van der Waals surface area contributed by atoms with Crippen molar-refractivity contribution in [2.45, 2.75) is 6.42 Å². The van der Waals surface area contributed by atoms with Gasteiger partial charge in [0.1, 0.15) is 12.2 Å². The van der Waals surface area contributed by atoms with Crippen LogP contribution in [0, 0.1) is 0 Å². The van der Waals surface area contributed by atoms with Crippen molar-refractivity contribution in [2.75, 3.05) is 0 Å². The smallest absolute Gasteiger partial charge is 0.121 e. The van der Waals surface area contributed by atoms with Gasteiger partial charge in [0.15, 0.2) is 0 Å². The minimum absolute atomic E-state index is 0.527. The molecule has 3 nitrogen and oxygen atoms in total. The Kier molecular flexibility index (Phi) is 2.40. The molecule has 0 saturated carbocycles. The number of hydrogen-bond donors (Lipinski definition) is 1. The van der Waals surface area contributed by atoms with Crippen molar-refractivity contribution < 1.29 is 0 Å². The molecule has 0 radical (unpaired) electrons. The minimum atomic E-state index is 0.527. The third kappa shape index (κ3) is 1.88. The second kappa shape index (κ2) is 3.87. The van der Waals surface area contributed by atoms with Crippen molar-refractivity contribution in [1.29, 1.82) is 0 Å². The molecule has 0 amide bonds. The fourth-order valence-electron chi connectivity index (χ4n) is 1.29. The SMILES string of the molecule is NC1=CCC(c2ccccc2)=NC=N1. The number of nitrogens with zero attached hydrogens (tertiary/aromatic N) is 2. The van der Waals surface area contributed by atoms with Gasteiger partial charge in [0.2, 0.25) is 0 Å². The molecule has 0 bridgehead atoms. The summed E-state index contributed by atoms with van der Waals surface area (Å²) in [7, 11) is 0. The zero-order valence-corrected chi connectivity index (χ0v) is 7.72. The van der Waals surface area contributed by atoms with Gasteiger partial charge in [0.25, 0.3) is 0 Å². The van der Waals surface area contributed by atoms with Crippen LogP contribution < -0.4 is 5.73 Å². The van der Waals surface area contributed by atoms with Gasteiger partial charge in [-0.05, 0) is 11.6 Å². The average molecular weight is 185 g/mol. The molecule has 0 saturated heterocycles. The maximum atomic E-state index is 5.56. The van der Waals surface area contributed by atoms with Gasteiger partial charge < -0.3 is 5.73 Å². The summed E-state index contributed by atoms with van der Waals surface area (Å²) < 4.78 is 0. The van der Waals surface area contributed by atoms with E-state index in [1.165, 1.54) is 6.34 Å². The highest BCUT2D eigenvalue weighted by Crippen LogP contribution is 2.07. The lowest BCUT2D eigenvalue weighted by Crippen LogP contribution is -1.99. The highest BCUT2D eigenvalue weighted by Gasteiger charge is 2.02. The second-order valence-electron chi connectivity index (χ2n) is 3.02. The topological polar surface area (TPSA) is 50.7 Å². The third-order valence-corrected chi connectivity index (χ3v) is 2.03. The van der Waals surface area contributed by atoms with Crippen molar-refractivity contribution in [1.82, 2.24) is 0 Å². The standard InChI is InChI=1S/C11H11N3/c12-11-7-6-10(13-8-14-11)9-4-2-1-3-5-9/h1-5,7-8H,6,12H2. The highest BCUT2D eigenvalue weighted by atomic mass is 15.0. The summed E-state index contributed by atoms with van der Waals surface area (Å²) in [6.45, 7) is 0. The molecule has 0 atom stereocenters. The largest absolute Gasteiger partial charge is 0.384 e. The predicted octanol–water partition coefficient (Wildman–Crippen LogP) is 1.71. The molecule has 1 heterocycles. The molecule has 0 aliphatic carbocycles. The number of hydrogen-bond acceptors (Lipinski definition) is 3. The van der Waals surface area contributed by atoms with Gasteiger partial charge >= 0.3 is 0 Å². The summed E-state index contributed by atoms with van der Waals surface area (Å²) in [6, 6.07) is 10.0. The molecule has 3 heteroatoms. The molecule has 0 aromatic heterocycles. The molecule has 2 rings (SSSR count). The number of rotatable bonds is 1. The Hall–Kier alpha value is -1.90. The van der Waals surface area contributed by atoms with E-state index in [-0.39, 0.29) is 0 Å². The molecule has 1 aromatic carbocycles. The van der Waals surface area contributed by atoms with Crippen LogP contribution in [0.2, 0.25) is 0 Å². The normalized spacial score (nSPS) is 15.7. The fraction of sp³-hybridized carbons (Fsp3) is 0.0909. The first-order chi connectivity index (χ1) is 6.86. The van der Waals surface area contributed by atoms with Crippen molar-refractivity contribution in [3.05, 3.63) is 47.8 Å². The molecule has 0 unspecified atom stereocenters. The first-order valence-corrected chi connectivity index (χ1v) is 4.46. The van der Waals surface area contributed by atoms with Gasteiger partial charge in [0.05, 0.1) is 5.71 Å². The Balaban J connectivity index is 2.30. The summed E-state index contributed by atoms with van der Waals surface area (Å²) in [4.78, 5) is 8.16. The van der Waals surface area contributed by atoms with E-state index in [1.54, 1.807) is 0 Å². The highest BCUT2D eigenvalue weighted by molar-refractivity contribution is 6.05. The Morgan fingerprint density at radius 2 is 1.93 bits per heavy atom. The van der Waals surface area contributed by atoms with E-state index in [4.69, 9.17) is 5.73 Å². The molecular formula is C11H11N3. The Bertz CT molecular complexity index is 399. The van der Waals surface area contributed by atoms with E-state index in [0.29, 0.717) is 5.82 Å². The van der Waals surface area contributed by atoms with Gasteiger partial charge in [0, 0.05) is 6.42 Å². The first-order valence-electron chi connectivity index (χ1n) is 4.46. The lowest BCUT2D eigenvalue weighted by molar-refractivity contribution is 1.22. The number of allylic oxidation sites excluding steroid dienone is 1. The van der Waals surface area contributed by atoms with Crippen LogP contribution >= 0.6 is 0 Å². The second-order valence-corrected chi connectivity index (χ2v) is 3.02. The van der Waals surface area contributed by atoms with Crippen molar-refractivity contribution in [3.8, 4) is 0 Å². The molecule has 1 aliphatic rings. The van der Waals surface area contributed by atoms with Crippen LogP contribution in [-0.4, -0.2) is 12.1 Å². The van der Waals surface area contributed by atoms with Gasteiger partial charge in [-0.2, -0.15) is 0 Å². The molecule has 2 N–H and O–H groups in total. The summed E-state index contributed by atoms with van der Waals surface area (Å²) >= 11 is 0. The van der Waals surface area contributed by atoms with Crippen LogP contribution in [0.5, 0.6) is 0 Å². The Morgan fingerprint density at radius 1 is 1.14 bits per heavy atom. The van der Waals surface area contributed by atoms with Crippen molar-refractivity contribution in [3.63, 3.8) is 0 Å². The van der Waals surface area contributed by atoms with E-state index < -0.39 is 0 Å². The Morgan fingerprint density at radius 3 is 2.71 bits per heavy atom. The monoisotopic (exact) mass is 185 g/mol. The van der Waals surface area contributed by atoms with Gasteiger partial charge in [-0.15, -0.1) is 0 Å². The lowest BCUT2D eigenvalue weighted by atomic mass is 10.1. The quantitative estimate of drug-likeness (QED) is 0.711. The maximum absolute atomic E-state index is 5.56. The van der Waals surface area contributed by atoms with Crippen LogP contribution in [0.4, 0.5) is 0 Å². The summed E-state index contributed by atoms with van der Waals surface area (Å²) in [5.41, 5.74) is 7.68. The molecule has 14 heavy (non-hydrogen) atoms. The van der Waals surface area contributed by atoms with Crippen molar-refractivity contribution in [2.24, 2.45) is 15.7 Å². The van der Waals surface area contributed by atoms with E-state index in [9.17, 15) is 0 Å². The number of nitrogens with two attached hydrogens (primary N) is 1. The predicted molar refractivity (Wildman–Crippen MR) is 58.4 cm³/mol. The first kappa shape index (κ1) is 8.69. The number of benzene rings is 1. The zero-order valence-electron chi connectivity index (χ0n) is 7.72. The van der Waals surface area contributed by atoms with Crippen LogP contribution in [0.1, 0.15) is 12.0 Å². The van der Waals surface area contributed by atoms with Crippen LogP contribution in [-0.2, 0) is 0 Å². The van der Waals surface area contributed by atoms with E-state index >= 15 is 0 Å². The van der Waals surface area contributed by atoms with Gasteiger partial charge in [-0.3, -0.25) is 0 Å². The van der Waals surface area contributed by atoms with Gasteiger partial charge in [-0.1, -0.05) is 30.3 Å². The van der Waals surface area contributed by atoms with E-state index in [2.05, 4.69) is 9.98 Å². The third-order valence-electron chi connectivity index (χ3n) is 2.03. The lowest BCUT2D eigenvalue weighted by Gasteiger charge is -2.00. The summed E-state index contributed by atoms with van der Waals surface area (Å²) in [6.07, 6.45) is 4.10. The zero-order chi connectivity index (χ0) is 9.80. The van der Waals surface area contributed by atoms with E-state index in [0.717, 1.165) is 17.7 Å². The molecule has 1 aromatic rings.